The number of allylic oxidation sites excluding steroid dienone is 1. The summed E-state index contributed by atoms with van der Waals surface area (Å²) in [4.78, 5) is 4.13. The molecular formula is C18H29NO3S. The van der Waals surface area contributed by atoms with E-state index in [1.165, 1.54) is 44.1 Å². The molecule has 1 heterocycles. The van der Waals surface area contributed by atoms with Gasteiger partial charge in [0.2, 0.25) is 0 Å². The van der Waals surface area contributed by atoms with E-state index in [-0.39, 0.29) is 6.61 Å². The third kappa shape index (κ3) is 13.0. The molecule has 0 fully saturated rings. The van der Waals surface area contributed by atoms with Gasteiger partial charge in [-0.1, -0.05) is 43.9 Å². The number of rotatable bonds is 13. The maximum atomic E-state index is 10.7. The molecule has 0 amide bonds. The molecule has 0 saturated carbocycles. The molecule has 23 heavy (non-hydrogen) atoms. The van der Waals surface area contributed by atoms with E-state index in [4.69, 9.17) is 0 Å². The second-order valence-electron chi connectivity index (χ2n) is 5.81. The Morgan fingerprint density at radius 2 is 1.74 bits per heavy atom. The quantitative estimate of drug-likeness (QED) is 0.306. The van der Waals surface area contributed by atoms with Crippen molar-refractivity contribution >= 4 is 10.1 Å². The number of hydrogen-bond donors (Lipinski definition) is 0. The summed E-state index contributed by atoms with van der Waals surface area (Å²) in [7, 11) is -3.29. The highest BCUT2D eigenvalue weighted by molar-refractivity contribution is 7.85. The fraction of sp³-hybridized carbons (Fsp3) is 0.611. The van der Waals surface area contributed by atoms with Gasteiger partial charge in [-0.15, -0.1) is 0 Å². The van der Waals surface area contributed by atoms with Crippen molar-refractivity contribution in [1.29, 1.82) is 0 Å². The number of nitrogens with zero attached hydrogens (tertiary/aromatic N) is 1. The van der Waals surface area contributed by atoms with E-state index in [0.29, 0.717) is 6.42 Å². The van der Waals surface area contributed by atoms with Crippen LogP contribution in [0.5, 0.6) is 0 Å². The van der Waals surface area contributed by atoms with Crippen LogP contribution in [0.15, 0.2) is 36.7 Å². The summed E-state index contributed by atoms with van der Waals surface area (Å²) in [5.41, 5.74) is 1.33. The fourth-order valence-corrected chi connectivity index (χ4v) is 2.75. The lowest BCUT2D eigenvalue weighted by Gasteiger charge is -2.01. The Kier molecular flexibility index (Phi) is 10.6. The zero-order valence-electron chi connectivity index (χ0n) is 14.1. The summed E-state index contributed by atoms with van der Waals surface area (Å²) >= 11 is 0. The Hall–Kier alpha value is -1.20. The van der Waals surface area contributed by atoms with Crippen LogP contribution in [-0.4, -0.2) is 26.3 Å². The minimum absolute atomic E-state index is 0.242. The van der Waals surface area contributed by atoms with Gasteiger partial charge in [0.05, 0.1) is 12.9 Å². The molecule has 0 atom stereocenters. The highest BCUT2D eigenvalue weighted by atomic mass is 32.2. The van der Waals surface area contributed by atoms with Crippen LogP contribution in [-0.2, 0) is 20.7 Å². The van der Waals surface area contributed by atoms with E-state index in [0.717, 1.165) is 19.1 Å². The molecule has 0 aliphatic heterocycles. The molecule has 0 unspecified atom stereocenters. The maximum Gasteiger partial charge on any atom is 0.264 e. The summed E-state index contributed by atoms with van der Waals surface area (Å²) in [6.07, 6.45) is 19.4. The lowest BCUT2D eigenvalue weighted by molar-refractivity contribution is 0.328. The first-order chi connectivity index (χ1) is 11.1. The van der Waals surface area contributed by atoms with E-state index >= 15 is 0 Å². The van der Waals surface area contributed by atoms with Crippen LogP contribution in [0.3, 0.4) is 0 Å². The average molecular weight is 340 g/mol. The van der Waals surface area contributed by atoms with E-state index in [9.17, 15) is 8.42 Å². The second-order valence-corrected chi connectivity index (χ2v) is 7.45. The molecule has 1 aromatic heterocycles. The van der Waals surface area contributed by atoms with Gasteiger partial charge in [-0.2, -0.15) is 8.42 Å². The summed E-state index contributed by atoms with van der Waals surface area (Å²) in [6.45, 7) is 0.242. The number of unbranched alkanes of at least 4 members (excludes halogenated alkanes) is 6. The van der Waals surface area contributed by atoms with E-state index in [1.807, 2.05) is 24.5 Å². The lowest BCUT2D eigenvalue weighted by Crippen LogP contribution is -2.02. The second kappa shape index (κ2) is 12.3. The van der Waals surface area contributed by atoms with E-state index in [1.54, 1.807) is 0 Å². The summed E-state index contributed by atoms with van der Waals surface area (Å²) in [6, 6.07) is 4.14. The van der Waals surface area contributed by atoms with Gasteiger partial charge in [-0.3, -0.25) is 9.17 Å². The third-order valence-electron chi connectivity index (χ3n) is 3.56. The van der Waals surface area contributed by atoms with Gasteiger partial charge in [0.25, 0.3) is 10.1 Å². The predicted octanol–water partition coefficient (Wildman–Crippen LogP) is 4.28. The number of pyridine rings is 1. The van der Waals surface area contributed by atoms with Gasteiger partial charge in [0, 0.05) is 12.4 Å². The van der Waals surface area contributed by atoms with E-state index < -0.39 is 10.1 Å². The van der Waals surface area contributed by atoms with Crippen molar-refractivity contribution in [3.8, 4) is 0 Å². The molecule has 0 bridgehead atoms. The van der Waals surface area contributed by atoms with Crippen LogP contribution < -0.4 is 0 Å². The van der Waals surface area contributed by atoms with Crippen molar-refractivity contribution in [2.24, 2.45) is 0 Å². The third-order valence-corrected chi connectivity index (χ3v) is 4.15. The van der Waals surface area contributed by atoms with Gasteiger partial charge in [0.1, 0.15) is 0 Å². The topological polar surface area (TPSA) is 56.3 Å². The number of aromatic nitrogens is 1. The first-order valence-electron chi connectivity index (χ1n) is 8.46. The molecule has 5 heteroatoms. The van der Waals surface area contributed by atoms with Crippen molar-refractivity contribution in [3.63, 3.8) is 0 Å². The molecule has 1 aromatic rings. The molecule has 0 aliphatic carbocycles. The molecule has 0 radical (unpaired) electrons. The molecule has 0 aliphatic rings. The maximum absolute atomic E-state index is 10.7. The number of hydrogen-bond acceptors (Lipinski definition) is 4. The molecule has 0 saturated heterocycles. The predicted molar refractivity (Wildman–Crippen MR) is 94.8 cm³/mol. The molecule has 0 N–H and O–H groups in total. The molecule has 4 nitrogen and oxygen atoms in total. The van der Waals surface area contributed by atoms with Crippen LogP contribution in [0.2, 0.25) is 0 Å². The Labute approximate surface area is 141 Å². The Morgan fingerprint density at radius 1 is 1.04 bits per heavy atom. The van der Waals surface area contributed by atoms with Crippen molar-refractivity contribution in [2.75, 3.05) is 12.9 Å². The minimum Gasteiger partial charge on any atom is -0.270 e. The Balaban J connectivity index is 1.84. The van der Waals surface area contributed by atoms with E-state index in [2.05, 4.69) is 21.3 Å². The molecule has 0 spiro atoms. The summed E-state index contributed by atoms with van der Waals surface area (Å²) < 4.78 is 26.2. The molecular weight excluding hydrogens is 310 g/mol. The van der Waals surface area contributed by atoms with Crippen LogP contribution in [0.4, 0.5) is 0 Å². The highest BCUT2D eigenvalue weighted by Crippen LogP contribution is 2.10. The average Bonchev–Trinajstić information content (AvgIpc) is 2.52. The Morgan fingerprint density at radius 3 is 2.43 bits per heavy atom. The minimum atomic E-state index is -3.29. The first kappa shape index (κ1) is 19.8. The summed E-state index contributed by atoms with van der Waals surface area (Å²) in [5.74, 6) is 0. The summed E-state index contributed by atoms with van der Waals surface area (Å²) in [5, 5.41) is 0. The van der Waals surface area contributed by atoms with Crippen molar-refractivity contribution < 1.29 is 12.6 Å². The van der Waals surface area contributed by atoms with Crippen molar-refractivity contribution in [2.45, 2.75) is 57.8 Å². The van der Waals surface area contributed by atoms with Crippen molar-refractivity contribution in [1.82, 2.24) is 4.98 Å². The van der Waals surface area contributed by atoms with Gasteiger partial charge in [-0.05, 0) is 43.7 Å². The largest absolute Gasteiger partial charge is 0.270 e. The lowest BCUT2D eigenvalue weighted by atomic mass is 10.1. The van der Waals surface area contributed by atoms with Gasteiger partial charge < -0.3 is 0 Å². The molecule has 1 rings (SSSR count). The van der Waals surface area contributed by atoms with Crippen LogP contribution in [0, 0.1) is 0 Å². The van der Waals surface area contributed by atoms with Crippen molar-refractivity contribution in [3.05, 3.63) is 42.2 Å². The monoisotopic (exact) mass is 339 g/mol. The van der Waals surface area contributed by atoms with Crippen LogP contribution in [0.25, 0.3) is 0 Å². The normalized spacial score (nSPS) is 12.0. The highest BCUT2D eigenvalue weighted by Gasteiger charge is 1.98. The smallest absolute Gasteiger partial charge is 0.264 e. The first-order valence-corrected chi connectivity index (χ1v) is 10.3. The number of aryl methyl sites for hydroxylation is 1. The van der Waals surface area contributed by atoms with Gasteiger partial charge in [-0.25, -0.2) is 0 Å². The standard InChI is InChI=1S/C18H29NO3S/c1-23(20,21)22-16-11-9-7-5-3-2-4-6-8-10-13-18-14-12-15-19-17-18/h7,9,12,14-15,17H,2-6,8,10-11,13,16H2,1H3/b9-7+. The van der Waals surface area contributed by atoms with Crippen LogP contribution >= 0.6 is 0 Å². The molecule has 130 valence electrons. The van der Waals surface area contributed by atoms with Gasteiger partial charge >= 0.3 is 0 Å². The zero-order valence-corrected chi connectivity index (χ0v) is 14.9. The fourth-order valence-electron chi connectivity index (χ4n) is 2.35. The Bertz CT molecular complexity index is 526. The van der Waals surface area contributed by atoms with Gasteiger partial charge in [0.15, 0.2) is 0 Å². The van der Waals surface area contributed by atoms with Crippen LogP contribution in [0.1, 0.15) is 56.9 Å². The SMILES string of the molecule is CS(=O)(=O)OCC/C=C/CCCCCCCCc1cccnc1. The zero-order chi connectivity index (χ0) is 16.8. The molecule has 0 aromatic carbocycles.